The Morgan fingerprint density at radius 2 is 1.87 bits per heavy atom. The molecule has 23 heavy (non-hydrogen) atoms. The Balaban J connectivity index is 1.84. The molecule has 1 aliphatic heterocycles. The number of hydrogen-bond acceptors (Lipinski definition) is 3. The number of aryl methyl sites for hydroxylation is 2. The van der Waals surface area contributed by atoms with Gasteiger partial charge in [-0.2, -0.15) is 0 Å². The first kappa shape index (κ1) is 17.7. The van der Waals surface area contributed by atoms with Crippen LogP contribution in [-0.2, 0) is 10.0 Å². The van der Waals surface area contributed by atoms with Crippen LogP contribution >= 0.6 is 0 Å². The second-order valence-electron chi connectivity index (χ2n) is 5.97. The SMILES string of the molecule is CCS(=O)(=O)N1CCC(NC(=O)Nc2ccc(C)c(C)c2)CC1. The Labute approximate surface area is 138 Å². The molecule has 1 heterocycles. The minimum atomic E-state index is -3.13. The van der Waals surface area contributed by atoms with Crippen LogP contribution in [0.4, 0.5) is 10.5 Å². The van der Waals surface area contributed by atoms with E-state index in [1.54, 1.807) is 6.92 Å². The van der Waals surface area contributed by atoms with Gasteiger partial charge >= 0.3 is 6.03 Å². The van der Waals surface area contributed by atoms with Crippen LogP contribution in [0, 0.1) is 13.8 Å². The van der Waals surface area contributed by atoms with E-state index in [0.717, 1.165) is 11.3 Å². The van der Waals surface area contributed by atoms with Crippen LogP contribution in [0.2, 0.25) is 0 Å². The van der Waals surface area contributed by atoms with Gasteiger partial charge in [-0.25, -0.2) is 17.5 Å². The monoisotopic (exact) mass is 339 g/mol. The molecule has 1 aromatic rings. The van der Waals surface area contributed by atoms with Gasteiger partial charge in [0, 0.05) is 24.8 Å². The van der Waals surface area contributed by atoms with Gasteiger partial charge in [-0.05, 0) is 56.9 Å². The average Bonchev–Trinajstić information content (AvgIpc) is 2.51. The molecule has 1 aliphatic rings. The fourth-order valence-electron chi connectivity index (χ4n) is 2.63. The summed E-state index contributed by atoms with van der Waals surface area (Å²) in [5.74, 6) is 0.123. The Hall–Kier alpha value is -1.60. The van der Waals surface area contributed by atoms with E-state index in [0.29, 0.717) is 25.9 Å². The van der Waals surface area contributed by atoms with E-state index in [1.165, 1.54) is 9.87 Å². The zero-order valence-electron chi connectivity index (χ0n) is 13.9. The fraction of sp³-hybridized carbons (Fsp3) is 0.562. The molecule has 0 saturated carbocycles. The minimum absolute atomic E-state index is 0.00449. The molecule has 0 unspecified atom stereocenters. The molecule has 6 nitrogen and oxygen atoms in total. The van der Waals surface area contributed by atoms with Crippen molar-refractivity contribution in [3.63, 3.8) is 0 Å². The van der Waals surface area contributed by atoms with Gasteiger partial charge in [0.1, 0.15) is 0 Å². The number of rotatable bonds is 4. The highest BCUT2D eigenvalue weighted by atomic mass is 32.2. The normalized spacial score (nSPS) is 17.0. The van der Waals surface area contributed by atoms with Gasteiger partial charge < -0.3 is 10.6 Å². The smallest absolute Gasteiger partial charge is 0.319 e. The first-order valence-corrected chi connectivity index (χ1v) is 9.55. The highest BCUT2D eigenvalue weighted by Crippen LogP contribution is 2.16. The highest BCUT2D eigenvalue weighted by molar-refractivity contribution is 7.89. The molecule has 0 atom stereocenters. The predicted molar refractivity (Wildman–Crippen MR) is 92.1 cm³/mol. The second kappa shape index (κ2) is 7.31. The lowest BCUT2D eigenvalue weighted by Gasteiger charge is -2.31. The largest absolute Gasteiger partial charge is 0.335 e. The van der Waals surface area contributed by atoms with E-state index < -0.39 is 10.0 Å². The lowest BCUT2D eigenvalue weighted by molar-refractivity contribution is 0.238. The number of nitrogens with zero attached hydrogens (tertiary/aromatic N) is 1. The van der Waals surface area contributed by atoms with Crippen molar-refractivity contribution in [3.8, 4) is 0 Å². The molecule has 128 valence electrons. The maximum absolute atomic E-state index is 12.1. The van der Waals surface area contributed by atoms with E-state index in [4.69, 9.17) is 0 Å². The number of carbonyl (C=O) groups excluding carboxylic acids is 1. The van der Waals surface area contributed by atoms with Crippen molar-refractivity contribution in [2.75, 3.05) is 24.2 Å². The molecular formula is C16H25N3O3S. The molecule has 1 aromatic carbocycles. The number of amides is 2. The maximum Gasteiger partial charge on any atom is 0.319 e. The standard InChI is InChI=1S/C16H25N3O3S/c1-4-23(21,22)19-9-7-14(8-10-19)17-16(20)18-15-6-5-12(2)13(3)11-15/h5-6,11,14H,4,7-10H2,1-3H3,(H2,17,18,20). The van der Waals surface area contributed by atoms with Crippen LogP contribution in [0.5, 0.6) is 0 Å². The first-order chi connectivity index (χ1) is 10.8. The summed E-state index contributed by atoms with van der Waals surface area (Å²) in [6, 6.07) is 5.54. The van der Waals surface area contributed by atoms with Gasteiger partial charge in [-0.1, -0.05) is 6.07 Å². The number of piperidine rings is 1. The number of sulfonamides is 1. The van der Waals surface area contributed by atoms with Crippen LogP contribution in [-0.4, -0.2) is 43.6 Å². The average molecular weight is 339 g/mol. The number of hydrogen-bond donors (Lipinski definition) is 2. The zero-order chi connectivity index (χ0) is 17.0. The molecule has 1 saturated heterocycles. The van der Waals surface area contributed by atoms with E-state index in [1.807, 2.05) is 32.0 Å². The molecule has 0 radical (unpaired) electrons. The fourth-order valence-corrected chi connectivity index (χ4v) is 3.76. The van der Waals surface area contributed by atoms with Crippen molar-refractivity contribution >= 4 is 21.7 Å². The van der Waals surface area contributed by atoms with Crippen LogP contribution in [0.15, 0.2) is 18.2 Å². The van der Waals surface area contributed by atoms with Gasteiger partial charge in [-0.3, -0.25) is 0 Å². The van der Waals surface area contributed by atoms with Crippen molar-refractivity contribution in [3.05, 3.63) is 29.3 Å². The molecule has 0 aliphatic carbocycles. The minimum Gasteiger partial charge on any atom is -0.335 e. The summed E-state index contributed by atoms with van der Waals surface area (Å²) in [7, 11) is -3.13. The van der Waals surface area contributed by atoms with E-state index >= 15 is 0 Å². The number of urea groups is 1. The number of nitrogens with one attached hydrogen (secondary N) is 2. The molecule has 0 spiro atoms. The topological polar surface area (TPSA) is 78.5 Å². The van der Waals surface area contributed by atoms with Crippen LogP contribution in [0.25, 0.3) is 0 Å². The van der Waals surface area contributed by atoms with Gasteiger partial charge in [0.05, 0.1) is 5.75 Å². The highest BCUT2D eigenvalue weighted by Gasteiger charge is 2.27. The molecule has 2 rings (SSSR count). The summed E-state index contributed by atoms with van der Waals surface area (Å²) in [5, 5.41) is 5.75. The zero-order valence-corrected chi connectivity index (χ0v) is 14.7. The Morgan fingerprint density at radius 1 is 1.22 bits per heavy atom. The first-order valence-electron chi connectivity index (χ1n) is 7.94. The Kier molecular flexibility index (Phi) is 5.64. The molecule has 1 fully saturated rings. The summed E-state index contributed by atoms with van der Waals surface area (Å²) in [5.41, 5.74) is 3.07. The van der Waals surface area contributed by atoms with Gasteiger partial charge in [0.15, 0.2) is 0 Å². The van der Waals surface area contributed by atoms with Crippen molar-refractivity contribution in [2.45, 2.75) is 39.7 Å². The second-order valence-corrected chi connectivity index (χ2v) is 8.23. The maximum atomic E-state index is 12.1. The summed E-state index contributed by atoms with van der Waals surface area (Å²) in [6.45, 7) is 6.60. The number of anilines is 1. The van der Waals surface area contributed by atoms with Crippen LogP contribution < -0.4 is 10.6 Å². The van der Waals surface area contributed by atoms with Gasteiger partial charge in [0.2, 0.25) is 10.0 Å². The molecule has 0 aromatic heterocycles. The van der Waals surface area contributed by atoms with E-state index in [2.05, 4.69) is 10.6 Å². The van der Waals surface area contributed by atoms with Crippen LogP contribution in [0.3, 0.4) is 0 Å². The van der Waals surface area contributed by atoms with Crippen LogP contribution in [0.1, 0.15) is 30.9 Å². The van der Waals surface area contributed by atoms with E-state index in [-0.39, 0.29) is 17.8 Å². The molecule has 0 bridgehead atoms. The number of carbonyl (C=O) groups is 1. The summed E-state index contributed by atoms with van der Waals surface area (Å²) >= 11 is 0. The van der Waals surface area contributed by atoms with Crippen molar-refractivity contribution < 1.29 is 13.2 Å². The molecular weight excluding hydrogens is 314 g/mol. The summed E-state index contributed by atoms with van der Waals surface area (Å²) in [4.78, 5) is 12.1. The van der Waals surface area contributed by atoms with Gasteiger partial charge in [-0.15, -0.1) is 0 Å². The predicted octanol–water partition coefficient (Wildman–Crippen LogP) is 2.24. The van der Waals surface area contributed by atoms with Gasteiger partial charge in [0.25, 0.3) is 0 Å². The lowest BCUT2D eigenvalue weighted by Crippen LogP contribution is -2.47. The molecule has 7 heteroatoms. The molecule has 2 N–H and O–H groups in total. The van der Waals surface area contributed by atoms with Crippen molar-refractivity contribution in [2.24, 2.45) is 0 Å². The van der Waals surface area contributed by atoms with Crippen molar-refractivity contribution in [1.82, 2.24) is 9.62 Å². The third-order valence-corrected chi connectivity index (χ3v) is 6.19. The third kappa shape index (κ3) is 4.68. The summed E-state index contributed by atoms with van der Waals surface area (Å²) in [6.07, 6.45) is 1.28. The lowest BCUT2D eigenvalue weighted by atomic mass is 10.1. The quantitative estimate of drug-likeness (QED) is 0.883. The third-order valence-electron chi connectivity index (χ3n) is 4.31. The van der Waals surface area contributed by atoms with Crippen molar-refractivity contribution in [1.29, 1.82) is 0 Å². The Morgan fingerprint density at radius 3 is 2.43 bits per heavy atom. The number of benzene rings is 1. The Bertz CT molecular complexity index is 665. The summed E-state index contributed by atoms with van der Waals surface area (Å²) < 4.78 is 25.1. The molecule has 2 amide bonds. The van der Waals surface area contributed by atoms with E-state index in [9.17, 15) is 13.2 Å².